The molecule has 134 valence electrons. The Morgan fingerprint density at radius 2 is 1.81 bits per heavy atom. The number of hydrogen-bond donors (Lipinski definition) is 1. The maximum Gasteiger partial charge on any atom is 0.253 e. The minimum Gasteiger partial charge on any atom is -0.387 e. The van der Waals surface area contributed by atoms with Gasteiger partial charge in [0.25, 0.3) is 5.91 Å². The molecule has 26 heavy (non-hydrogen) atoms. The van der Waals surface area contributed by atoms with E-state index < -0.39 is 6.10 Å². The Labute approximate surface area is 152 Å². The monoisotopic (exact) mass is 350 g/mol. The molecule has 1 amide bonds. The van der Waals surface area contributed by atoms with Crippen molar-refractivity contribution in [1.82, 2.24) is 19.7 Å². The summed E-state index contributed by atoms with van der Waals surface area (Å²) in [7, 11) is 3.53. The number of carbonyl (C=O) groups is 1. The summed E-state index contributed by atoms with van der Waals surface area (Å²) in [5.74, 6) is 1.32. The summed E-state index contributed by atoms with van der Waals surface area (Å²) >= 11 is 0. The van der Waals surface area contributed by atoms with Crippen molar-refractivity contribution in [2.24, 2.45) is 7.05 Å². The molecular formula is C20H22N4O2. The van der Waals surface area contributed by atoms with Crippen LogP contribution in [-0.4, -0.2) is 44.3 Å². The van der Waals surface area contributed by atoms with Crippen LogP contribution in [0.3, 0.4) is 0 Å². The van der Waals surface area contributed by atoms with Crippen molar-refractivity contribution in [3.63, 3.8) is 0 Å². The van der Waals surface area contributed by atoms with Gasteiger partial charge in [-0.25, -0.2) is 4.98 Å². The fraction of sp³-hybridized carbons (Fsp3) is 0.250. The van der Waals surface area contributed by atoms with Crippen molar-refractivity contribution >= 4 is 5.91 Å². The fourth-order valence-corrected chi connectivity index (χ4v) is 2.69. The molecule has 0 saturated carbocycles. The lowest BCUT2D eigenvalue weighted by Gasteiger charge is -2.21. The van der Waals surface area contributed by atoms with E-state index in [4.69, 9.17) is 0 Å². The number of aromatic nitrogens is 3. The van der Waals surface area contributed by atoms with Gasteiger partial charge in [-0.1, -0.05) is 42.5 Å². The van der Waals surface area contributed by atoms with Crippen molar-refractivity contribution in [3.8, 4) is 11.4 Å². The molecule has 0 aliphatic carbocycles. The number of aliphatic hydroxyl groups is 1. The van der Waals surface area contributed by atoms with Gasteiger partial charge in [-0.2, -0.15) is 5.10 Å². The lowest BCUT2D eigenvalue weighted by Crippen LogP contribution is -2.31. The summed E-state index contributed by atoms with van der Waals surface area (Å²) in [4.78, 5) is 18.5. The van der Waals surface area contributed by atoms with Gasteiger partial charge in [-0.15, -0.1) is 0 Å². The van der Waals surface area contributed by atoms with Gasteiger partial charge in [-0.05, 0) is 24.6 Å². The van der Waals surface area contributed by atoms with E-state index in [-0.39, 0.29) is 12.5 Å². The number of aryl methyl sites for hydroxylation is 2. The molecule has 0 radical (unpaired) electrons. The summed E-state index contributed by atoms with van der Waals surface area (Å²) in [6.07, 6.45) is -0.717. The summed E-state index contributed by atoms with van der Waals surface area (Å²) < 4.78 is 1.72. The summed E-state index contributed by atoms with van der Waals surface area (Å²) in [5, 5.41) is 14.6. The Kier molecular flexibility index (Phi) is 5.14. The van der Waals surface area contributed by atoms with Gasteiger partial charge in [-0.3, -0.25) is 9.48 Å². The molecule has 6 nitrogen and oxygen atoms in total. The maximum atomic E-state index is 12.6. The van der Waals surface area contributed by atoms with E-state index >= 15 is 0 Å². The van der Waals surface area contributed by atoms with Gasteiger partial charge in [0, 0.05) is 25.2 Å². The second-order valence-corrected chi connectivity index (χ2v) is 6.30. The molecule has 1 atom stereocenters. The van der Waals surface area contributed by atoms with E-state index in [0.717, 1.165) is 17.0 Å². The van der Waals surface area contributed by atoms with Crippen LogP contribution in [0.2, 0.25) is 0 Å². The van der Waals surface area contributed by atoms with Gasteiger partial charge in [0.1, 0.15) is 5.82 Å². The predicted molar refractivity (Wildman–Crippen MR) is 99.5 cm³/mol. The number of hydrogen-bond acceptors (Lipinski definition) is 4. The zero-order valence-corrected chi connectivity index (χ0v) is 15.1. The third-order valence-electron chi connectivity index (χ3n) is 4.35. The van der Waals surface area contributed by atoms with E-state index in [1.54, 1.807) is 23.9 Å². The molecule has 0 spiro atoms. The highest BCUT2D eigenvalue weighted by Gasteiger charge is 2.17. The van der Waals surface area contributed by atoms with Crippen molar-refractivity contribution in [2.75, 3.05) is 13.6 Å². The Balaban J connectivity index is 1.69. The highest BCUT2D eigenvalue weighted by molar-refractivity contribution is 5.94. The van der Waals surface area contributed by atoms with Crippen LogP contribution in [0.15, 0.2) is 54.6 Å². The van der Waals surface area contributed by atoms with Gasteiger partial charge in [0.2, 0.25) is 0 Å². The fourth-order valence-electron chi connectivity index (χ4n) is 2.69. The van der Waals surface area contributed by atoms with Crippen LogP contribution in [0.4, 0.5) is 0 Å². The molecule has 0 saturated heterocycles. The SMILES string of the molecule is Cc1nc(-c2ccc(C(=O)N(C)C[C@H](O)c3ccccc3)cc2)nn1C. The Bertz CT molecular complexity index is 868. The minimum absolute atomic E-state index is 0.142. The minimum atomic E-state index is -0.717. The van der Waals surface area contributed by atoms with Gasteiger partial charge in [0.15, 0.2) is 5.82 Å². The first-order valence-electron chi connectivity index (χ1n) is 8.42. The van der Waals surface area contributed by atoms with E-state index in [2.05, 4.69) is 10.1 Å². The molecular weight excluding hydrogens is 328 g/mol. The van der Waals surface area contributed by atoms with Crippen molar-refractivity contribution < 1.29 is 9.90 Å². The number of aliphatic hydroxyl groups excluding tert-OH is 1. The number of benzene rings is 2. The van der Waals surface area contributed by atoms with Crippen LogP contribution < -0.4 is 0 Å². The van der Waals surface area contributed by atoms with E-state index in [9.17, 15) is 9.90 Å². The van der Waals surface area contributed by atoms with Crippen LogP contribution in [0.25, 0.3) is 11.4 Å². The molecule has 0 aliphatic rings. The largest absolute Gasteiger partial charge is 0.387 e. The molecule has 3 aromatic rings. The van der Waals surface area contributed by atoms with E-state index in [1.807, 2.05) is 56.4 Å². The standard InChI is InChI=1S/C20H22N4O2/c1-14-21-19(22-24(14)3)16-9-11-17(12-10-16)20(26)23(2)13-18(25)15-7-5-4-6-8-15/h4-12,18,25H,13H2,1-3H3/t18-/m0/s1. The average molecular weight is 350 g/mol. The van der Waals surface area contributed by atoms with E-state index in [1.165, 1.54) is 4.90 Å². The quantitative estimate of drug-likeness (QED) is 0.768. The van der Waals surface area contributed by atoms with Crippen molar-refractivity contribution in [3.05, 3.63) is 71.5 Å². The Morgan fingerprint density at radius 3 is 2.38 bits per heavy atom. The molecule has 2 aromatic carbocycles. The molecule has 1 aromatic heterocycles. The third kappa shape index (κ3) is 3.81. The van der Waals surface area contributed by atoms with Crippen LogP contribution in [0.1, 0.15) is 27.8 Å². The van der Waals surface area contributed by atoms with Crippen molar-refractivity contribution in [1.29, 1.82) is 0 Å². The molecule has 6 heteroatoms. The molecule has 1 heterocycles. The number of nitrogens with zero attached hydrogens (tertiary/aromatic N) is 4. The normalized spacial score (nSPS) is 12.0. The molecule has 0 unspecified atom stereocenters. The predicted octanol–water partition coefficient (Wildman–Crippen LogP) is 2.60. The lowest BCUT2D eigenvalue weighted by atomic mass is 10.1. The van der Waals surface area contributed by atoms with Crippen LogP contribution >= 0.6 is 0 Å². The van der Waals surface area contributed by atoms with Crippen molar-refractivity contribution in [2.45, 2.75) is 13.0 Å². The smallest absolute Gasteiger partial charge is 0.253 e. The Morgan fingerprint density at radius 1 is 1.15 bits per heavy atom. The topological polar surface area (TPSA) is 71.2 Å². The second kappa shape index (κ2) is 7.49. The van der Waals surface area contributed by atoms with Crippen LogP contribution in [0, 0.1) is 6.92 Å². The molecule has 3 rings (SSSR count). The molecule has 0 bridgehead atoms. The first-order chi connectivity index (χ1) is 12.5. The van der Waals surface area contributed by atoms with Crippen LogP contribution in [-0.2, 0) is 7.05 Å². The van der Waals surface area contributed by atoms with Gasteiger partial charge in [0.05, 0.1) is 12.6 Å². The molecule has 1 N–H and O–H groups in total. The third-order valence-corrected chi connectivity index (χ3v) is 4.35. The number of amides is 1. The summed E-state index contributed by atoms with van der Waals surface area (Å²) in [6.45, 7) is 2.12. The van der Waals surface area contributed by atoms with Gasteiger partial charge >= 0.3 is 0 Å². The average Bonchev–Trinajstić information content (AvgIpc) is 3.00. The number of likely N-dealkylation sites (N-methyl/N-ethyl adjacent to an activating group) is 1. The van der Waals surface area contributed by atoms with Gasteiger partial charge < -0.3 is 10.0 Å². The highest BCUT2D eigenvalue weighted by Crippen LogP contribution is 2.18. The zero-order valence-electron chi connectivity index (χ0n) is 15.1. The van der Waals surface area contributed by atoms with E-state index in [0.29, 0.717) is 11.4 Å². The lowest BCUT2D eigenvalue weighted by molar-refractivity contribution is 0.0681. The molecule has 0 fully saturated rings. The summed E-state index contributed by atoms with van der Waals surface area (Å²) in [6, 6.07) is 16.5. The number of rotatable bonds is 5. The first-order valence-corrected chi connectivity index (χ1v) is 8.42. The summed E-state index contributed by atoms with van der Waals surface area (Å²) in [5.41, 5.74) is 2.21. The first kappa shape index (κ1) is 17.8. The molecule has 0 aliphatic heterocycles. The second-order valence-electron chi connectivity index (χ2n) is 6.30. The highest BCUT2D eigenvalue weighted by atomic mass is 16.3. The number of carbonyl (C=O) groups excluding carboxylic acids is 1. The zero-order chi connectivity index (χ0) is 18.7. The van der Waals surface area contributed by atoms with Crippen LogP contribution in [0.5, 0.6) is 0 Å². The maximum absolute atomic E-state index is 12.6. The Hall–Kier alpha value is -2.99.